The quantitative estimate of drug-likeness (QED) is 0.727. The van der Waals surface area contributed by atoms with E-state index in [2.05, 4.69) is 0 Å². The van der Waals surface area contributed by atoms with Crippen molar-refractivity contribution in [3.8, 4) is 0 Å². The first-order valence-electron chi connectivity index (χ1n) is 7.67. The van der Waals surface area contributed by atoms with Crippen molar-refractivity contribution in [3.05, 3.63) is 29.8 Å². The number of benzene rings is 1. The lowest BCUT2D eigenvalue weighted by Crippen LogP contribution is -2.44. The second-order valence-corrected chi connectivity index (χ2v) is 7.76. The van der Waals surface area contributed by atoms with Gasteiger partial charge in [0, 0.05) is 13.6 Å². The summed E-state index contributed by atoms with van der Waals surface area (Å²) in [6.07, 6.45) is 0.398. The van der Waals surface area contributed by atoms with Gasteiger partial charge in [0.25, 0.3) is 0 Å². The van der Waals surface area contributed by atoms with Crippen LogP contribution in [0.25, 0.3) is 0 Å². The number of esters is 1. The highest BCUT2D eigenvalue weighted by Crippen LogP contribution is 2.21. The summed E-state index contributed by atoms with van der Waals surface area (Å²) in [5.74, 6) is -0.368. The topological polar surface area (TPSA) is 89.7 Å². The van der Waals surface area contributed by atoms with E-state index in [4.69, 9.17) is 10.5 Å². The Kier molecular flexibility index (Phi) is 7.18. The molecule has 0 fully saturated rings. The van der Waals surface area contributed by atoms with Gasteiger partial charge in [0.2, 0.25) is 10.0 Å². The predicted molar refractivity (Wildman–Crippen MR) is 89.2 cm³/mol. The second kappa shape index (κ2) is 8.42. The van der Waals surface area contributed by atoms with Crippen LogP contribution in [0.2, 0.25) is 0 Å². The van der Waals surface area contributed by atoms with Crippen LogP contribution in [0.5, 0.6) is 0 Å². The van der Waals surface area contributed by atoms with Crippen molar-refractivity contribution in [2.75, 3.05) is 13.7 Å². The molecule has 2 N–H and O–H groups in total. The minimum absolute atomic E-state index is 0.134. The maximum atomic E-state index is 12.8. The van der Waals surface area contributed by atoms with E-state index in [0.29, 0.717) is 13.0 Å². The molecule has 23 heavy (non-hydrogen) atoms. The summed E-state index contributed by atoms with van der Waals surface area (Å²) in [7, 11) is -2.37. The zero-order valence-corrected chi connectivity index (χ0v) is 15.0. The Morgan fingerprint density at radius 1 is 1.26 bits per heavy atom. The van der Waals surface area contributed by atoms with Crippen molar-refractivity contribution < 1.29 is 17.9 Å². The minimum atomic E-state index is -3.78. The number of nitrogens with zero attached hydrogens (tertiary/aromatic N) is 1. The number of carbonyl (C=O) groups excluding carboxylic acids is 1. The number of carbonyl (C=O) groups is 1. The van der Waals surface area contributed by atoms with E-state index in [-0.39, 0.29) is 17.4 Å². The first kappa shape index (κ1) is 19.6. The van der Waals surface area contributed by atoms with Gasteiger partial charge in [0.05, 0.1) is 11.5 Å². The summed E-state index contributed by atoms with van der Waals surface area (Å²) in [6, 6.07) is 5.51. The van der Waals surface area contributed by atoms with Crippen molar-refractivity contribution in [1.82, 2.24) is 4.31 Å². The highest BCUT2D eigenvalue weighted by atomic mass is 32.2. The summed E-state index contributed by atoms with van der Waals surface area (Å²) < 4.78 is 31.6. The lowest BCUT2D eigenvalue weighted by atomic mass is 10.0. The molecule has 0 heterocycles. The molecule has 0 aliphatic heterocycles. The Bertz CT molecular complexity index is 611. The molecule has 0 unspecified atom stereocenters. The predicted octanol–water partition coefficient (Wildman–Crippen LogP) is 1.74. The van der Waals surface area contributed by atoms with Gasteiger partial charge >= 0.3 is 5.97 Å². The molecule has 1 aromatic rings. The summed E-state index contributed by atoms with van der Waals surface area (Å²) in [6.45, 7) is 6.12. The van der Waals surface area contributed by atoms with E-state index in [1.165, 1.54) is 19.2 Å². The largest absolute Gasteiger partial charge is 0.465 e. The molecule has 0 spiro atoms. The molecule has 0 aromatic heterocycles. The van der Waals surface area contributed by atoms with E-state index in [0.717, 1.165) is 9.87 Å². The zero-order valence-electron chi connectivity index (χ0n) is 14.2. The monoisotopic (exact) mass is 342 g/mol. The SMILES string of the molecule is CCOC(=O)[C@H](CC(C)C)N(C)S(=O)(=O)c1ccc(CN)cc1. The first-order chi connectivity index (χ1) is 10.7. The third-order valence-corrected chi connectivity index (χ3v) is 5.41. The molecular formula is C16H26N2O4S. The van der Waals surface area contributed by atoms with Crippen molar-refractivity contribution >= 4 is 16.0 Å². The van der Waals surface area contributed by atoms with Crippen molar-refractivity contribution in [2.24, 2.45) is 11.7 Å². The molecule has 0 saturated heterocycles. The molecule has 0 amide bonds. The van der Waals surface area contributed by atoms with Crippen LogP contribution < -0.4 is 5.73 Å². The van der Waals surface area contributed by atoms with Gasteiger partial charge in [0.1, 0.15) is 6.04 Å². The lowest BCUT2D eigenvalue weighted by molar-refractivity contribution is -0.147. The van der Waals surface area contributed by atoms with Gasteiger partial charge in [-0.05, 0) is 37.0 Å². The number of likely N-dealkylation sites (N-methyl/N-ethyl adjacent to an activating group) is 1. The minimum Gasteiger partial charge on any atom is -0.465 e. The average Bonchev–Trinajstić information content (AvgIpc) is 2.52. The Hall–Kier alpha value is -1.44. The van der Waals surface area contributed by atoms with Crippen LogP contribution in [0.1, 0.15) is 32.8 Å². The average molecular weight is 342 g/mol. The maximum absolute atomic E-state index is 12.8. The van der Waals surface area contributed by atoms with Gasteiger partial charge in [-0.1, -0.05) is 26.0 Å². The van der Waals surface area contributed by atoms with Gasteiger partial charge in [-0.3, -0.25) is 4.79 Å². The molecular weight excluding hydrogens is 316 g/mol. The van der Waals surface area contributed by atoms with E-state index in [1.54, 1.807) is 19.1 Å². The molecule has 0 saturated carbocycles. The fourth-order valence-corrected chi connectivity index (χ4v) is 3.53. The van der Waals surface area contributed by atoms with Gasteiger partial charge in [-0.2, -0.15) is 4.31 Å². The van der Waals surface area contributed by atoms with Crippen LogP contribution in [-0.4, -0.2) is 38.4 Å². The third-order valence-electron chi connectivity index (χ3n) is 3.53. The number of hydrogen-bond acceptors (Lipinski definition) is 5. The van der Waals surface area contributed by atoms with Crippen LogP contribution in [0.3, 0.4) is 0 Å². The molecule has 6 nitrogen and oxygen atoms in total. The normalized spacial score (nSPS) is 13.3. The highest BCUT2D eigenvalue weighted by molar-refractivity contribution is 7.89. The Labute approximate surface area is 138 Å². The summed E-state index contributed by atoms with van der Waals surface area (Å²) >= 11 is 0. The van der Waals surface area contributed by atoms with Crippen LogP contribution in [0.15, 0.2) is 29.2 Å². The lowest BCUT2D eigenvalue weighted by Gasteiger charge is -2.27. The molecule has 0 aliphatic carbocycles. The Morgan fingerprint density at radius 2 is 1.83 bits per heavy atom. The van der Waals surface area contributed by atoms with Gasteiger partial charge < -0.3 is 10.5 Å². The molecule has 1 rings (SSSR count). The first-order valence-corrected chi connectivity index (χ1v) is 9.11. The zero-order chi connectivity index (χ0) is 17.6. The molecule has 0 aliphatic rings. The number of hydrogen-bond donors (Lipinski definition) is 1. The second-order valence-electron chi connectivity index (χ2n) is 5.77. The number of sulfonamides is 1. The van der Waals surface area contributed by atoms with Gasteiger partial charge in [0.15, 0.2) is 0 Å². The highest BCUT2D eigenvalue weighted by Gasteiger charge is 2.34. The number of nitrogens with two attached hydrogens (primary N) is 1. The van der Waals surface area contributed by atoms with Gasteiger partial charge in [-0.25, -0.2) is 8.42 Å². The molecule has 7 heteroatoms. The van der Waals surface area contributed by atoms with E-state index < -0.39 is 22.0 Å². The van der Waals surface area contributed by atoms with Gasteiger partial charge in [-0.15, -0.1) is 0 Å². The smallest absolute Gasteiger partial charge is 0.324 e. The van der Waals surface area contributed by atoms with Crippen LogP contribution in [0.4, 0.5) is 0 Å². The molecule has 130 valence electrons. The van der Waals surface area contributed by atoms with Crippen LogP contribution >= 0.6 is 0 Å². The molecule has 1 aromatic carbocycles. The Balaban J connectivity index is 3.12. The van der Waals surface area contributed by atoms with Crippen LogP contribution in [-0.2, 0) is 26.1 Å². The summed E-state index contributed by atoms with van der Waals surface area (Å²) in [5, 5.41) is 0. The van der Waals surface area contributed by atoms with E-state index >= 15 is 0 Å². The fourth-order valence-electron chi connectivity index (χ4n) is 2.21. The Morgan fingerprint density at radius 3 is 2.26 bits per heavy atom. The molecule has 0 radical (unpaired) electrons. The fraction of sp³-hybridized carbons (Fsp3) is 0.562. The van der Waals surface area contributed by atoms with Crippen molar-refractivity contribution in [2.45, 2.75) is 44.7 Å². The van der Waals surface area contributed by atoms with Crippen LogP contribution in [0, 0.1) is 5.92 Å². The van der Waals surface area contributed by atoms with Crippen molar-refractivity contribution in [3.63, 3.8) is 0 Å². The van der Waals surface area contributed by atoms with E-state index in [1.807, 2.05) is 13.8 Å². The summed E-state index contributed by atoms with van der Waals surface area (Å²) in [5.41, 5.74) is 6.37. The maximum Gasteiger partial charge on any atom is 0.324 e. The molecule has 1 atom stereocenters. The standard InChI is InChI=1S/C16H26N2O4S/c1-5-22-16(19)15(10-12(2)3)18(4)23(20,21)14-8-6-13(11-17)7-9-14/h6-9,12,15H,5,10-11,17H2,1-4H3/t15-/m0/s1. The number of rotatable bonds is 8. The third kappa shape index (κ3) is 5.02. The number of ether oxygens (including phenoxy) is 1. The van der Waals surface area contributed by atoms with Crippen molar-refractivity contribution in [1.29, 1.82) is 0 Å². The summed E-state index contributed by atoms with van der Waals surface area (Å²) in [4.78, 5) is 12.3. The van der Waals surface area contributed by atoms with E-state index in [9.17, 15) is 13.2 Å². The molecule has 0 bridgehead atoms.